The minimum absolute atomic E-state index is 0.108. The third kappa shape index (κ3) is 3.04. The van der Waals surface area contributed by atoms with E-state index in [-0.39, 0.29) is 5.82 Å². The molecule has 2 aliphatic heterocycles. The molecule has 0 saturated carbocycles. The van der Waals surface area contributed by atoms with Gasteiger partial charge in [-0.3, -0.25) is 4.90 Å². The van der Waals surface area contributed by atoms with Gasteiger partial charge in [0, 0.05) is 12.6 Å². The van der Waals surface area contributed by atoms with E-state index in [0.717, 1.165) is 31.1 Å². The Morgan fingerprint density at radius 3 is 2.80 bits per heavy atom. The zero-order valence-electron chi connectivity index (χ0n) is 12.3. The van der Waals surface area contributed by atoms with Gasteiger partial charge in [-0.05, 0) is 68.4 Å². The van der Waals surface area contributed by atoms with Gasteiger partial charge in [0.15, 0.2) is 0 Å². The summed E-state index contributed by atoms with van der Waals surface area (Å²) in [6.45, 7) is 6.94. The molecule has 20 heavy (non-hydrogen) atoms. The first-order valence-electron chi connectivity index (χ1n) is 7.94. The fraction of sp³-hybridized carbons (Fsp3) is 0.647. The Balaban J connectivity index is 1.72. The molecular formula is C17H25FN2. The van der Waals surface area contributed by atoms with Crippen LogP contribution >= 0.6 is 0 Å². The van der Waals surface area contributed by atoms with Crippen molar-refractivity contribution in [3.8, 4) is 0 Å². The number of hydrogen-bond acceptors (Lipinski definition) is 2. The lowest BCUT2D eigenvalue weighted by molar-refractivity contribution is 0.179. The van der Waals surface area contributed by atoms with E-state index in [1.807, 2.05) is 6.07 Å². The van der Waals surface area contributed by atoms with E-state index in [9.17, 15) is 4.39 Å². The number of benzene rings is 1. The molecule has 2 fully saturated rings. The average molecular weight is 276 g/mol. The van der Waals surface area contributed by atoms with Crippen molar-refractivity contribution in [2.24, 2.45) is 11.8 Å². The molecule has 2 unspecified atom stereocenters. The summed E-state index contributed by atoms with van der Waals surface area (Å²) < 4.78 is 13.5. The molecule has 1 aromatic rings. The van der Waals surface area contributed by atoms with Crippen molar-refractivity contribution in [1.29, 1.82) is 0 Å². The van der Waals surface area contributed by atoms with Crippen molar-refractivity contribution in [2.45, 2.75) is 32.2 Å². The first-order valence-corrected chi connectivity index (χ1v) is 7.94. The molecule has 0 bridgehead atoms. The first kappa shape index (κ1) is 14.0. The van der Waals surface area contributed by atoms with Gasteiger partial charge >= 0.3 is 0 Å². The Morgan fingerprint density at radius 1 is 1.25 bits per heavy atom. The standard InChI is InChI=1S/C17H25FN2/c1-13-7-10-20(12-14-5-8-19-9-6-14)17(13)15-3-2-4-16(18)11-15/h2-4,11,13-14,17,19H,5-10,12H2,1H3. The summed E-state index contributed by atoms with van der Waals surface area (Å²) >= 11 is 0. The van der Waals surface area contributed by atoms with E-state index >= 15 is 0 Å². The van der Waals surface area contributed by atoms with Gasteiger partial charge in [0.2, 0.25) is 0 Å². The number of piperidine rings is 1. The van der Waals surface area contributed by atoms with Crippen LogP contribution in [-0.4, -0.2) is 31.1 Å². The van der Waals surface area contributed by atoms with Crippen LogP contribution in [0.3, 0.4) is 0 Å². The van der Waals surface area contributed by atoms with E-state index in [1.165, 1.54) is 25.8 Å². The summed E-state index contributed by atoms with van der Waals surface area (Å²) in [5.41, 5.74) is 1.16. The highest BCUT2D eigenvalue weighted by Gasteiger charge is 2.33. The third-order valence-corrected chi connectivity index (χ3v) is 4.95. The molecule has 0 aliphatic carbocycles. The highest BCUT2D eigenvalue weighted by atomic mass is 19.1. The molecule has 1 aromatic carbocycles. The zero-order chi connectivity index (χ0) is 13.9. The molecule has 2 saturated heterocycles. The minimum Gasteiger partial charge on any atom is -0.317 e. The van der Waals surface area contributed by atoms with Crippen LogP contribution in [0.2, 0.25) is 0 Å². The van der Waals surface area contributed by atoms with Crippen LogP contribution in [-0.2, 0) is 0 Å². The third-order valence-electron chi connectivity index (χ3n) is 4.95. The van der Waals surface area contributed by atoms with Crippen LogP contribution in [0.25, 0.3) is 0 Å². The monoisotopic (exact) mass is 276 g/mol. The number of nitrogens with one attached hydrogen (secondary N) is 1. The molecular weight excluding hydrogens is 251 g/mol. The zero-order valence-corrected chi connectivity index (χ0v) is 12.3. The lowest BCUT2D eigenvalue weighted by Gasteiger charge is -2.32. The van der Waals surface area contributed by atoms with Crippen molar-refractivity contribution in [2.75, 3.05) is 26.2 Å². The largest absolute Gasteiger partial charge is 0.317 e. The van der Waals surface area contributed by atoms with Crippen LogP contribution in [0.1, 0.15) is 37.8 Å². The lowest BCUT2D eigenvalue weighted by Crippen LogP contribution is -2.36. The normalized spacial score (nSPS) is 28.9. The van der Waals surface area contributed by atoms with Crippen molar-refractivity contribution in [3.05, 3.63) is 35.6 Å². The molecule has 2 heterocycles. The summed E-state index contributed by atoms with van der Waals surface area (Å²) in [5.74, 6) is 1.32. The van der Waals surface area contributed by atoms with Crippen LogP contribution < -0.4 is 5.32 Å². The minimum atomic E-state index is -0.108. The summed E-state index contributed by atoms with van der Waals surface area (Å²) in [4.78, 5) is 2.59. The number of nitrogens with zero attached hydrogens (tertiary/aromatic N) is 1. The quantitative estimate of drug-likeness (QED) is 0.912. The van der Waals surface area contributed by atoms with E-state index < -0.39 is 0 Å². The topological polar surface area (TPSA) is 15.3 Å². The molecule has 3 rings (SSSR count). The number of halogens is 1. The number of hydrogen-bond donors (Lipinski definition) is 1. The second-order valence-electron chi connectivity index (χ2n) is 6.45. The predicted molar refractivity (Wildman–Crippen MR) is 80.1 cm³/mol. The highest BCUT2D eigenvalue weighted by Crippen LogP contribution is 2.38. The van der Waals surface area contributed by atoms with Gasteiger partial charge in [-0.2, -0.15) is 0 Å². The van der Waals surface area contributed by atoms with E-state index in [4.69, 9.17) is 0 Å². The summed E-state index contributed by atoms with van der Waals surface area (Å²) in [7, 11) is 0. The lowest BCUT2D eigenvalue weighted by atomic mass is 9.93. The molecule has 0 spiro atoms. The maximum absolute atomic E-state index is 13.5. The Hall–Kier alpha value is -0.930. The van der Waals surface area contributed by atoms with Crippen molar-refractivity contribution in [1.82, 2.24) is 10.2 Å². The van der Waals surface area contributed by atoms with Crippen LogP contribution in [0.15, 0.2) is 24.3 Å². The fourth-order valence-electron chi connectivity index (χ4n) is 3.86. The van der Waals surface area contributed by atoms with Gasteiger partial charge in [0.25, 0.3) is 0 Å². The van der Waals surface area contributed by atoms with Crippen LogP contribution in [0.4, 0.5) is 4.39 Å². The molecule has 0 amide bonds. The first-order chi connectivity index (χ1) is 9.74. The number of rotatable bonds is 3. The van der Waals surface area contributed by atoms with Gasteiger partial charge in [0.1, 0.15) is 5.82 Å². The van der Waals surface area contributed by atoms with Crippen molar-refractivity contribution in [3.63, 3.8) is 0 Å². The second-order valence-corrected chi connectivity index (χ2v) is 6.45. The van der Waals surface area contributed by atoms with Crippen molar-refractivity contribution < 1.29 is 4.39 Å². The Bertz CT molecular complexity index is 442. The van der Waals surface area contributed by atoms with Gasteiger partial charge in [-0.25, -0.2) is 4.39 Å². The maximum Gasteiger partial charge on any atom is 0.123 e. The molecule has 2 aliphatic rings. The van der Waals surface area contributed by atoms with Gasteiger partial charge in [-0.1, -0.05) is 19.1 Å². The molecule has 2 atom stereocenters. The van der Waals surface area contributed by atoms with Crippen molar-refractivity contribution >= 4 is 0 Å². The summed E-state index contributed by atoms with van der Waals surface area (Å²) in [5, 5.41) is 3.43. The van der Waals surface area contributed by atoms with Gasteiger partial charge < -0.3 is 5.32 Å². The molecule has 0 aromatic heterocycles. The molecule has 3 heteroatoms. The SMILES string of the molecule is CC1CCN(CC2CCNCC2)C1c1cccc(F)c1. The number of likely N-dealkylation sites (tertiary alicyclic amines) is 1. The molecule has 2 nitrogen and oxygen atoms in total. The van der Waals surface area contributed by atoms with Gasteiger partial charge in [0.05, 0.1) is 0 Å². The Kier molecular flexibility index (Phi) is 4.37. The van der Waals surface area contributed by atoms with Crippen LogP contribution in [0, 0.1) is 17.7 Å². The second kappa shape index (κ2) is 6.23. The molecule has 0 radical (unpaired) electrons. The van der Waals surface area contributed by atoms with E-state index in [1.54, 1.807) is 12.1 Å². The smallest absolute Gasteiger partial charge is 0.123 e. The Morgan fingerprint density at radius 2 is 2.05 bits per heavy atom. The molecule has 1 N–H and O–H groups in total. The summed E-state index contributed by atoms with van der Waals surface area (Å²) in [6.07, 6.45) is 3.79. The predicted octanol–water partition coefficient (Wildman–Crippen LogP) is 3.21. The highest BCUT2D eigenvalue weighted by molar-refractivity contribution is 5.22. The maximum atomic E-state index is 13.5. The Labute approximate surface area is 121 Å². The molecule has 110 valence electrons. The summed E-state index contributed by atoms with van der Waals surface area (Å²) in [6, 6.07) is 7.60. The van der Waals surface area contributed by atoms with Gasteiger partial charge in [-0.15, -0.1) is 0 Å². The average Bonchev–Trinajstić information content (AvgIpc) is 2.81. The van der Waals surface area contributed by atoms with Crippen LogP contribution in [0.5, 0.6) is 0 Å². The fourth-order valence-corrected chi connectivity index (χ4v) is 3.86. The van der Waals surface area contributed by atoms with E-state index in [0.29, 0.717) is 12.0 Å². The van der Waals surface area contributed by atoms with E-state index in [2.05, 4.69) is 23.2 Å².